The number of benzene rings is 1. The molecule has 148 valence electrons. The standard InChI is InChI=1S/C21H29N7/c1-14-11-15(5-6-16(14)12-22-2)18-19-20(24-13-23-18)26-21(25-19)28-9-7-17(8-10-28)27(3)4/h5-6,11,13,17,22H,7-10,12H2,1-4H3,(H,23,24,25,26). The fourth-order valence-electron chi connectivity index (χ4n) is 4.01. The molecule has 0 aliphatic carbocycles. The maximum atomic E-state index is 4.76. The van der Waals surface area contributed by atoms with Crippen molar-refractivity contribution in [3.05, 3.63) is 35.7 Å². The van der Waals surface area contributed by atoms with E-state index in [1.54, 1.807) is 6.33 Å². The van der Waals surface area contributed by atoms with E-state index in [9.17, 15) is 0 Å². The predicted octanol–water partition coefficient (Wildman–Crippen LogP) is 2.58. The molecule has 0 atom stereocenters. The zero-order chi connectivity index (χ0) is 19.7. The molecule has 3 aromatic rings. The monoisotopic (exact) mass is 379 g/mol. The maximum absolute atomic E-state index is 4.76. The van der Waals surface area contributed by atoms with Crippen molar-refractivity contribution in [1.82, 2.24) is 30.2 Å². The second kappa shape index (κ2) is 7.85. The topological polar surface area (TPSA) is 73.0 Å². The molecule has 7 nitrogen and oxygen atoms in total. The Morgan fingerprint density at radius 3 is 2.68 bits per heavy atom. The Hall–Kier alpha value is -2.51. The van der Waals surface area contributed by atoms with Crippen LogP contribution in [0.4, 0.5) is 5.95 Å². The fraction of sp³-hybridized carbons (Fsp3) is 0.476. The third kappa shape index (κ3) is 3.59. The Bertz CT molecular complexity index is 955. The SMILES string of the molecule is CNCc1ccc(-c2ncnc3nc(N4CCC(N(C)C)CC4)[nH]c23)cc1C. The van der Waals surface area contributed by atoms with Crippen molar-refractivity contribution >= 4 is 17.1 Å². The Morgan fingerprint density at radius 2 is 2.00 bits per heavy atom. The Labute approximate surface area is 166 Å². The summed E-state index contributed by atoms with van der Waals surface area (Å²) in [5.74, 6) is 0.900. The average Bonchev–Trinajstić information content (AvgIpc) is 3.14. The number of fused-ring (bicyclic) bond motifs is 1. The van der Waals surface area contributed by atoms with Gasteiger partial charge in [0.1, 0.15) is 11.8 Å². The van der Waals surface area contributed by atoms with Crippen LogP contribution >= 0.6 is 0 Å². The molecule has 1 aliphatic rings. The van der Waals surface area contributed by atoms with E-state index in [-0.39, 0.29) is 0 Å². The molecule has 0 spiro atoms. The molecular formula is C21H29N7. The molecule has 7 heteroatoms. The van der Waals surface area contributed by atoms with Crippen molar-refractivity contribution in [2.45, 2.75) is 32.4 Å². The number of hydrogen-bond acceptors (Lipinski definition) is 6. The first-order valence-corrected chi connectivity index (χ1v) is 9.93. The number of nitrogens with one attached hydrogen (secondary N) is 2. The summed E-state index contributed by atoms with van der Waals surface area (Å²) in [5.41, 5.74) is 6.19. The molecule has 1 fully saturated rings. The average molecular weight is 380 g/mol. The molecule has 0 amide bonds. The second-order valence-corrected chi connectivity index (χ2v) is 7.83. The number of H-pyrrole nitrogens is 1. The Kier molecular flexibility index (Phi) is 5.28. The molecule has 2 N–H and O–H groups in total. The molecule has 4 rings (SSSR count). The van der Waals surface area contributed by atoms with E-state index in [0.29, 0.717) is 6.04 Å². The summed E-state index contributed by atoms with van der Waals surface area (Å²) >= 11 is 0. The van der Waals surface area contributed by atoms with Crippen LogP contribution in [0.1, 0.15) is 24.0 Å². The van der Waals surface area contributed by atoms with Gasteiger partial charge in [0.05, 0.1) is 5.69 Å². The van der Waals surface area contributed by atoms with Gasteiger partial charge in [-0.05, 0) is 58.1 Å². The van der Waals surface area contributed by atoms with Gasteiger partial charge in [0, 0.05) is 31.2 Å². The van der Waals surface area contributed by atoms with E-state index in [0.717, 1.165) is 60.8 Å². The van der Waals surface area contributed by atoms with E-state index in [4.69, 9.17) is 4.98 Å². The van der Waals surface area contributed by atoms with Crippen LogP contribution in [0.5, 0.6) is 0 Å². The van der Waals surface area contributed by atoms with Gasteiger partial charge in [-0.15, -0.1) is 0 Å². The Balaban J connectivity index is 1.64. The summed E-state index contributed by atoms with van der Waals surface area (Å²) in [6.45, 7) is 5.01. The van der Waals surface area contributed by atoms with E-state index >= 15 is 0 Å². The van der Waals surface area contributed by atoms with E-state index in [2.05, 4.69) is 69.3 Å². The highest BCUT2D eigenvalue weighted by Crippen LogP contribution is 2.28. The van der Waals surface area contributed by atoms with Crippen molar-refractivity contribution in [1.29, 1.82) is 0 Å². The van der Waals surface area contributed by atoms with Gasteiger partial charge >= 0.3 is 0 Å². The zero-order valence-electron chi connectivity index (χ0n) is 17.2. The van der Waals surface area contributed by atoms with Crippen LogP contribution < -0.4 is 10.2 Å². The van der Waals surface area contributed by atoms with Gasteiger partial charge in [0.2, 0.25) is 5.95 Å². The van der Waals surface area contributed by atoms with E-state index in [1.165, 1.54) is 11.1 Å². The van der Waals surface area contributed by atoms with Crippen LogP contribution in [-0.2, 0) is 6.54 Å². The lowest BCUT2D eigenvalue weighted by Crippen LogP contribution is -2.42. The second-order valence-electron chi connectivity index (χ2n) is 7.83. The molecule has 0 saturated carbocycles. The molecule has 2 aromatic heterocycles. The van der Waals surface area contributed by atoms with Crippen LogP contribution in [0.3, 0.4) is 0 Å². The highest BCUT2D eigenvalue weighted by atomic mass is 15.3. The molecule has 1 aliphatic heterocycles. The first-order valence-electron chi connectivity index (χ1n) is 9.93. The number of aromatic nitrogens is 4. The van der Waals surface area contributed by atoms with Crippen molar-refractivity contribution in [2.75, 3.05) is 39.1 Å². The van der Waals surface area contributed by atoms with Crippen LogP contribution in [-0.4, -0.2) is 65.1 Å². The molecule has 0 radical (unpaired) electrons. The van der Waals surface area contributed by atoms with Crippen molar-refractivity contribution in [3.63, 3.8) is 0 Å². The fourth-order valence-corrected chi connectivity index (χ4v) is 4.01. The number of imidazole rings is 1. The molecule has 3 heterocycles. The summed E-state index contributed by atoms with van der Waals surface area (Å²) in [6.07, 6.45) is 3.90. The summed E-state index contributed by atoms with van der Waals surface area (Å²) in [5, 5.41) is 3.21. The minimum atomic E-state index is 0.648. The third-order valence-corrected chi connectivity index (χ3v) is 5.75. The Morgan fingerprint density at radius 1 is 1.21 bits per heavy atom. The lowest BCUT2D eigenvalue weighted by Gasteiger charge is -2.34. The van der Waals surface area contributed by atoms with Gasteiger partial charge in [-0.2, -0.15) is 4.98 Å². The van der Waals surface area contributed by atoms with Gasteiger partial charge in [0.15, 0.2) is 5.65 Å². The number of nitrogens with zero attached hydrogens (tertiary/aromatic N) is 5. The van der Waals surface area contributed by atoms with Gasteiger partial charge in [-0.3, -0.25) is 0 Å². The summed E-state index contributed by atoms with van der Waals surface area (Å²) in [4.78, 5) is 21.9. The normalized spacial score (nSPS) is 15.7. The quantitative estimate of drug-likeness (QED) is 0.710. The van der Waals surface area contributed by atoms with Gasteiger partial charge in [-0.1, -0.05) is 12.1 Å². The van der Waals surface area contributed by atoms with Gasteiger partial charge in [0.25, 0.3) is 0 Å². The van der Waals surface area contributed by atoms with Crippen LogP contribution in [0, 0.1) is 6.92 Å². The van der Waals surface area contributed by atoms with Crippen LogP contribution in [0.2, 0.25) is 0 Å². The highest BCUT2D eigenvalue weighted by Gasteiger charge is 2.23. The minimum absolute atomic E-state index is 0.648. The van der Waals surface area contributed by atoms with Gasteiger partial charge in [-0.25, -0.2) is 9.97 Å². The molecule has 0 unspecified atom stereocenters. The first-order chi connectivity index (χ1) is 13.6. The lowest BCUT2D eigenvalue weighted by atomic mass is 10.0. The zero-order valence-corrected chi connectivity index (χ0v) is 17.2. The van der Waals surface area contributed by atoms with Crippen molar-refractivity contribution < 1.29 is 0 Å². The molecule has 28 heavy (non-hydrogen) atoms. The van der Waals surface area contributed by atoms with Crippen molar-refractivity contribution in [3.8, 4) is 11.3 Å². The maximum Gasteiger partial charge on any atom is 0.205 e. The highest BCUT2D eigenvalue weighted by molar-refractivity contribution is 5.88. The van der Waals surface area contributed by atoms with Gasteiger partial charge < -0.3 is 20.1 Å². The summed E-state index contributed by atoms with van der Waals surface area (Å²) in [7, 11) is 6.29. The smallest absolute Gasteiger partial charge is 0.205 e. The molecular weight excluding hydrogens is 350 g/mol. The molecule has 0 bridgehead atoms. The molecule has 1 saturated heterocycles. The number of anilines is 1. The largest absolute Gasteiger partial charge is 0.342 e. The number of piperidine rings is 1. The van der Waals surface area contributed by atoms with E-state index in [1.807, 2.05) is 7.05 Å². The van der Waals surface area contributed by atoms with Crippen LogP contribution in [0.25, 0.3) is 22.4 Å². The van der Waals surface area contributed by atoms with E-state index < -0.39 is 0 Å². The number of aryl methyl sites for hydroxylation is 1. The number of aromatic amines is 1. The third-order valence-electron chi connectivity index (χ3n) is 5.75. The number of rotatable bonds is 5. The summed E-state index contributed by atoms with van der Waals surface area (Å²) in [6, 6.07) is 7.13. The van der Waals surface area contributed by atoms with Crippen molar-refractivity contribution in [2.24, 2.45) is 0 Å². The minimum Gasteiger partial charge on any atom is -0.342 e. The predicted molar refractivity (Wildman–Crippen MR) is 114 cm³/mol. The first kappa shape index (κ1) is 18.8. The summed E-state index contributed by atoms with van der Waals surface area (Å²) < 4.78 is 0. The number of hydrogen-bond donors (Lipinski definition) is 2. The lowest BCUT2D eigenvalue weighted by molar-refractivity contribution is 0.249. The van der Waals surface area contributed by atoms with Crippen LogP contribution in [0.15, 0.2) is 24.5 Å². The molecule has 1 aromatic carbocycles.